The van der Waals surface area contributed by atoms with Crippen LogP contribution >= 0.6 is 11.3 Å². The molecule has 2 aromatic rings. The molecule has 2 amide bonds. The molecule has 92 valence electrons. The Bertz CT molecular complexity index is 538. The zero-order valence-electron chi connectivity index (χ0n) is 10.1. The molecule has 1 aromatic carbocycles. The van der Waals surface area contributed by atoms with Crippen molar-refractivity contribution >= 4 is 23.1 Å². The van der Waals surface area contributed by atoms with Gasteiger partial charge in [0.1, 0.15) is 0 Å². The van der Waals surface area contributed by atoms with Gasteiger partial charge in [0.15, 0.2) is 0 Å². The highest BCUT2D eigenvalue weighted by Gasteiger charge is 2.37. The van der Waals surface area contributed by atoms with Gasteiger partial charge in [0.25, 0.3) is 0 Å². The van der Waals surface area contributed by atoms with E-state index in [0.29, 0.717) is 0 Å². The van der Waals surface area contributed by atoms with Crippen LogP contribution in [-0.2, 0) is 0 Å². The van der Waals surface area contributed by atoms with Crippen LogP contribution in [0.1, 0.15) is 10.9 Å². The van der Waals surface area contributed by atoms with Gasteiger partial charge in [-0.15, -0.1) is 11.3 Å². The van der Waals surface area contributed by atoms with Crippen LogP contribution in [0.3, 0.4) is 0 Å². The smallest absolute Gasteiger partial charge is 0.324 e. The minimum Gasteiger partial charge on any atom is -0.325 e. The second-order valence-electron chi connectivity index (χ2n) is 4.40. The van der Waals surface area contributed by atoms with Crippen molar-refractivity contribution < 1.29 is 4.79 Å². The van der Waals surface area contributed by atoms with E-state index in [9.17, 15) is 4.79 Å². The number of anilines is 1. The highest BCUT2D eigenvalue weighted by molar-refractivity contribution is 7.10. The molecule has 1 fully saturated rings. The fourth-order valence-electron chi connectivity index (χ4n) is 2.31. The number of hydrogen-bond acceptors (Lipinski definition) is 2. The predicted molar refractivity (Wildman–Crippen MR) is 74.0 cm³/mol. The Balaban J connectivity index is 2.01. The van der Waals surface area contributed by atoms with E-state index in [-0.39, 0.29) is 12.1 Å². The Morgan fingerprint density at radius 3 is 2.61 bits per heavy atom. The van der Waals surface area contributed by atoms with Gasteiger partial charge in [-0.25, -0.2) is 4.79 Å². The Morgan fingerprint density at radius 1 is 1.17 bits per heavy atom. The maximum Gasteiger partial charge on any atom is 0.324 e. The zero-order valence-corrected chi connectivity index (χ0v) is 10.9. The van der Waals surface area contributed by atoms with Gasteiger partial charge in [0.05, 0.1) is 6.04 Å². The standard InChI is InChI=1S/C14H14N2OS/c1-15-10-12(13-8-5-9-18-13)16(14(15)17)11-6-3-2-4-7-11/h2-9,12H,10H2,1H3. The quantitative estimate of drug-likeness (QED) is 0.810. The van der Waals surface area contributed by atoms with Crippen molar-refractivity contribution in [2.24, 2.45) is 0 Å². The van der Waals surface area contributed by atoms with E-state index in [1.807, 2.05) is 48.3 Å². The fourth-order valence-corrected chi connectivity index (χ4v) is 3.12. The monoisotopic (exact) mass is 258 g/mol. The van der Waals surface area contributed by atoms with Crippen molar-refractivity contribution in [3.8, 4) is 0 Å². The van der Waals surface area contributed by atoms with Crippen molar-refractivity contribution in [1.82, 2.24) is 4.90 Å². The third-order valence-corrected chi connectivity index (χ3v) is 4.17. The molecule has 0 aliphatic carbocycles. The van der Waals surface area contributed by atoms with Gasteiger partial charge >= 0.3 is 6.03 Å². The molecular weight excluding hydrogens is 244 g/mol. The molecular formula is C14H14N2OS. The number of likely N-dealkylation sites (N-methyl/N-ethyl adjacent to an activating group) is 1. The third-order valence-electron chi connectivity index (χ3n) is 3.20. The van der Waals surface area contributed by atoms with E-state index in [0.717, 1.165) is 12.2 Å². The number of thiophene rings is 1. The van der Waals surface area contributed by atoms with Crippen LogP contribution < -0.4 is 4.90 Å². The molecule has 4 heteroatoms. The maximum atomic E-state index is 12.3. The van der Waals surface area contributed by atoms with Gasteiger partial charge in [-0.1, -0.05) is 24.3 Å². The van der Waals surface area contributed by atoms with Gasteiger partial charge in [0.2, 0.25) is 0 Å². The van der Waals surface area contributed by atoms with Crippen LogP contribution in [0.2, 0.25) is 0 Å². The van der Waals surface area contributed by atoms with Gasteiger partial charge < -0.3 is 4.90 Å². The van der Waals surface area contributed by atoms with E-state index in [1.54, 1.807) is 16.2 Å². The number of rotatable bonds is 2. The van der Waals surface area contributed by atoms with Gasteiger partial charge in [-0.3, -0.25) is 4.90 Å². The lowest BCUT2D eigenvalue weighted by Crippen LogP contribution is -2.30. The van der Waals surface area contributed by atoms with Crippen molar-refractivity contribution in [3.05, 3.63) is 52.7 Å². The number of amides is 2. The first kappa shape index (κ1) is 11.3. The predicted octanol–water partition coefficient (Wildman–Crippen LogP) is 3.36. The van der Waals surface area contributed by atoms with E-state index in [2.05, 4.69) is 11.4 Å². The second kappa shape index (κ2) is 4.46. The number of para-hydroxylation sites is 1. The Morgan fingerprint density at radius 2 is 1.94 bits per heavy atom. The molecule has 3 nitrogen and oxygen atoms in total. The number of benzene rings is 1. The highest BCUT2D eigenvalue weighted by Crippen LogP contribution is 2.35. The molecule has 0 N–H and O–H groups in total. The Hall–Kier alpha value is -1.81. The van der Waals surface area contributed by atoms with Gasteiger partial charge in [-0.05, 0) is 23.6 Å². The first-order valence-corrected chi connectivity index (χ1v) is 6.78. The molecule has 2 heterocycles. The van der Waals surface area contributed by atoms with Crippen LogP contribution in [0.5, 0.6) is 0 Å². The summed E-state index contributed by atoms with van der Waals surface area (Å²) in [5.74, 6) is 0. The van der Waals surface area contributed by atoms with E-state index in [1.165, 1.54) is 4.88 Å². The molecule has 1 unspecified atom stereocenters. The number of urea groups is 1. The highest BCUT2D eigenvalue weighted by atomic mass is 32.1. The minimum absolute atomic E-state index is 0.0691. The van der Waals surface area contributed by atoms with Crippen molar-refractivity contribution in [2.75, 3.05) is 18.5 Å². The first-order valence-electron chi connectivity index (χ1n) is 5.90. The molecule has 0 saturated carbocycles. The van der Waals surface area contributed by atoms with E-state index in [4.69, 9.17) is 0 Å². The molecule has 18 heavy (non-hydrogen) atoms. The van der Waals surface area contributed by atoms with Crippen LogP contribution in [0.15, 0.2) is 47.8 Å². The summed E-state index contributed by atoms with van der Waals surface area (Å²) in [6.45, 7) is 0.744. The number of hydrogen-bond donors (Lipinski definition) is 0. The van der Waals surface area contributed by atoms with Crippen LogP contribution in [0.25, 0.3) is 0 Å². The Labute approximate surface area is 110 Å². The average Bonchev–Trinajstić information content (AvgIpc) is 3.00. The topological polar surface area (TPSA) is 23.6 Å². The minimum atomic E-state index is 0.0691. The van der Waals surface area contributed by atoms with Crippen LogP contribution in [0, 0.1) is 0 Å². The maximum absolute atomic E-state index is 12.3. The summed E-state index contributed by atoms with van der Waals surface area (Å²) in [5, 5.41) is 2.06. The van der Waals surface area contributed by atoms with Crippen LogP contribution in [0.4, 0.5) is 10.5 Å². The lowest BCUT2D eigenvalue weighted by Gasteiger charge is -2.22. The molecule has 1 atom stereocenters. The lowest BCUT2D eigenvalue weighted by molar-refractivity contribution is 0.229. The molecule has 0 bridgehead atoms. The summed E-state index contributed by atoms with van der Waals surface area (Å²) in [7, 11) is 1.85. The number of nitrogens with zero attached hydrogens (tertiary/aromatic N) is 2. The fraction of sp³-hybridized carbons (Fsp3) is 0.214. The summed E-state index contributed by atoms with van der Waals surface area (Å²) in [6, 6.07) is 14.2. The summed E-state index contributed by atoms with van der Waals surface area (Å²) in [4.78, 5) is 17.2. The molecule has 0 radical (unpaired) electrons. The van der Waals surface area contributed by atoms with Gasteiger partial charge in [0, 0.05) is 24.2 Å². The first-order chi connectivity index (χ1) is 8.77. The average molecular weight is 258 g/mol. The van der Waals surface area contributed by atoms with Gasteiger partial charge in [-0.2, -0.15) is 0 Å². The Kier molecular flexibility index (Phi) is 2.80. The zero-order chi connectivity index (χ0) is 12.5. The summed E-state index contributed by atoms with van der Waals surface area (Å²) < 4.78 is 0. The van der Waals surface area contributed by atoms with E-state index >= 15 is 0 Å². The normalized spacial score (nSPS) is 19.6. The summed E-state index contributed by atoms with van der Waals surface area (Å²) >= 11 is 1.70. The van der Waals surface area contributed by atoms with Crippen LogP contribution in [-0.4, -0.2) is 24.5 Å². The molecule has 0 spiro atoms. The molecule has 1 aliphatic heterocycles. The number of carbonyl (C=O) groups excluding carboxylic acids is 1. The van der Waals surface area contributed by atoms with Crippen molar-refractivity contribution in [1.29, 1.82) is 0 Å². The van der Waals surface area contributed by atoms with E-state index < -0.39 is 0 Å². The summed E-state index contributed by atoms with van der Waals surface area (Å²) in [6.07, 6.45) is 0. The second-order valence-corrected chi connectivity index (χ2v) is 5.38. The lowest BCUT2D eigenvalue weighted by atomic mass is 10.2. The molecule has 3 rings (SSSR count). The largest absolute Gasteiger partial charge is 0.325 e. The SMILES string of the molecule is CN1CC(c2cccs2)N(c2ccccc2)C1=O. The molecule has 1 saturated heterocycles. The molecule has 1 aromatic heterocycles. The third kappa shape index (κ3) is 1.78. The van der Waals surface area contributed by atoms with Crippen molar-refractivity contribution in [3.63, 3.8) is 0 Å². The summed E-state index contributed by atoms with van der Waals surface area (Å²) in [5.41, 5.74) is 0.963. The molecule has 1 aliphatic rings. The number of carbonyl (C=O) groups is 1. The van der Waals surface area contributed by atoms with Crippen molar-refractivity contribution in [2.45, 2.75) is 6.04 Å².